The van der Waals surface area contributed by atoms with Crippen molar-refractivity contribution < 1.29 is 19.7 Å². The maximum atomic E-state index is 11.0. The van der Waals surface area contributed by atoms with Gasteiger partial charge in [-0.1, -0.05) is 5.11 Å². The molecule has 0 aliphatic carbocycles. The first-order valence-electron chi connectivity index (χ1n) is 5.32. The number of hydrogen-bond donors (Lipinski definition) is 3. The molecular formula is C9H11N5O4S. The summed E-state index contributed by atoms with van der Waals surface area (Å²) in [5.41, 5.74) is 13.7. The molecule has 1 aromatic heterocycles. The zero-order valence-corrected chi connectivity index (χ0v) is 10.4. The fraction of sp³-hybridized carbons (Fsp3) is 0.556. The summed E-state index contributed by atoms with van der Waals surface area (Å²) in [7, 11) is 0. The zero-order chi connectivity index (χ0) is 14.0. The second kappa shape index (κ2) is 5.51. The first-order valence-corrected chi connectivity index (χ1v) is 6.20. The largest absolute Gasteiger partial charge is 0.394 e. The minimum absolute atomic E-state index is 0.0743. The van der Waals surface area contributed by atoms with Gasteiger partial charge in [0.25, 0.3) is 5.91 Å². The van der Waals surface area contributed by atoms with Crippen LogP contribution in [0.3, 0.4) is 0 Å². The Morgan fingerprint density at radius 2 is 2.47 bits per heavy atom. The van der Waals surface area contributed by atoms with Crippen LogP contribution in [-0.2, 0) is 4.74 Å². The van der Waals surface area contributed by atoms with Gasteiger partial charge in [-0.15, -0.1) is 11.3 Å². The SMILES string of the molecule is [N-]=[N+]=N[C@H]1[C@H](O)[C@@H](CO)O[C@H]1c1nc(C(N)=O)cs1. The predicted octanol–water partition coefficient (Wildman–Crippen LogP) is -0.286. The number of carbonyl (C=O) groups excluding carboxylic acids is 1. The summed E-state index contributed by atoms with van der Waals surface area (Å²) >= 11 is 1.11. The topological polar surface area (TPSA) is 154 Å². The summed E-state index contributed by atoms with van der Waals surface area (Å²) < 4.78 is 5.40. The molecular weight excluding hydrogens is 274 g/mol. The Morgan fingerprint density at radius 3 is 3.00 bits per heavy atom. The fourth-order valence-electron chi connectivity index (χ4n) is 1.82. The van der Waals surface area contributed by atoms with Crippen molar-refractivity contribution in [2.45, 2.75) is 24.4 Å². The highest BCUT2D eigenvalue weighted by molar-refractivity contribution is 7.09. The smallest absolute Gasteiger partial charge is 0.268 e. The van der Waals surface area contributed by atoms with Crippen LogP contribution in [-0.4, -0.2) is 46.0 Å². The van der Waals surface area contributed by atoms with Crippen LogP contribution < -0.4 is 5.73 Å². The second-order valence-corrected chi connectivity index (χ2v) is 4.79. The summed E-state index contributed by atoms with van der Waals surface area (Å²) in [4.78, 5) is 17.6. The molecule has 0 spiro atoms. The van der Waals surface area contributed by atoms with Gasteiger partial charge in [-0.2, -0.15) is 0 Å². The molecule has 0 bridgehead atoms. The van der Waals surface area contributed by atoms with Crippen molar-refractivity contribution in [2.24, 2.45) is 10.8 Å². The average Bonchev–Trinajstić information content (AvgIpc) is 2.96. The molecule has 0 radical (unpaired) electrons. The van der Waals surface area contributed by atoms with E-state index >= 15 is 0 Å². The number of aliphatic hydroxyl groups excluding tert-OH is 2. The molecule has 1 aromatic rings. The van der Waals surface area contributed by atoms with Crippen molar-refractivity contribution in [3.8, 4) is 0 Å². The van der Waals surface area contributed by atoms with Crippen LogP contribution in [0, 0.1) is 0 Å². The molecule has 0 unspecified atom stereocenters. The Bertz CT molecular complexity index is 528. The van der Waals surface area contributed by atoms with Gasteiger partial charge in [-0.05, 0) is 5.53 Å². The predicted molar refractivity (Wildman–Crippen MR) is 64.3 cm³/mol. The molecule has 1 amide bonds. The summed E-state index contributed by atoms with van der Waals surface area (Å²) in [5.74, 6) is -0.680. The Balaban J connectivity index is 2.30. The molecule has 19 heavy (non-hydrogen) atoms. The number of hydrogen-bond acceptors (Lipinski definition) is 7. The first kappa shape index (κ1) is 13.7. The Hall–Kier alpha value is -1.71. The van der Waals surface area contributed by atoms with E-state index in [2.05, 4.69) is 15.0 Å². The number of aliphatic hydroxyl groups is 2. The Kier molecular flexibility index (Phi) is 3.98. The molecule has 1 fully saturated rings. The first-order chi connectivity index (χ1) is 9.08. The minimum Gasteiger partial charge on any atom is -0.394 e. The van der Waals surface area contributed by atoms with Gasteiger partial charge in [-0.3, -0.25) is 4.79 Å². The van der Waals surface area contributed by atoms with Crippen molar-refractivity contribution >= 4 is 17.2 Å². The lowest BCUT2D eigenvalue weighted by atomic mass is 10.1. The van der Waals surface area contributed by atoms with Crippen molar-refractivity contribution in [3.05, 3.63) is 26.5 Å². The third-order valence-electron chi connectivity index (χ3n) is 2.75. The standard InChI is InChI=1S/C9H11N5O4S/c10-8(17)3-2-19-9(12-3)7-5(13-14-11)6(16)4(1-15)18-7/h2,4-7,15-16H,1H2,(H2,10,17)/t4-,5+,6-,7-/m1/s1. The number of azide groups is 1. The molecule has 102 valence electrons. The second-order valence-electron chi connectivity index (χ2n) is 3.90. The number of ether oxygens (including phenoxy) is 1. The van der Waals surface area contributed by atoms with E-state index in [1.165, 1.54) is 5.38 Å². The van der Waals surface area contributed by atoms with Crippen LogP contribution in [0.25, 0.3) is 10.4 Å². The highest BCUT2D eigenvalue weighted by atomic mass is 32.1. The number of amides is 1. The molecule has 9 nitrogen and oxygen atoms in total. The molecule has 0 aromatic carbocycles. The third kappa shape index (κ3) is 2.53. The number of aromatic nitrogens is 1. The highest BCUT2D eigenvalue weighted by Crippen LogP contribution is 2.37. The number of primary amides is 1. The molecule has 2 heterocycles. The van der Waals surface area contributed by atoms with Crippen molar-refractivity contribution in [3.63, 3.8) is 0 Å². The number of nitrogens with two attached hydrogens (primary N) is 1. The van der Waals surface area contributed by atoms with Crippen molar-refractivity contribution in [2.75, 3.05) is 6.61 Å². The van der Waals surface area contributed by atoms with Crippen LogP contribution in [0.5, 0.6) is 0 Å². The van der Waals surface area contributed by atoms with E-state index in [-0.39, 0.29) is 5.69 Å². The lowest BCUT2D eigenvalue weighted by Crippen LogP contribution is -2.31. The summed E-state index contributed by atoms with van der Waals surface area (Å²) in [6.45, 7) is -0.414. The maximum Gasteiger partial charge on any atom is 0.268 e. The number of nitrogens with zero attached hydrogens (tertiary/aromatic N) is 4. The molecule has 1 aliphatic heterocycles. The van der Waals surface area contributed by atoms with Gasteiger partial charge in [0.15, 0.2) is 0 Å². The van der Waals surface area contributed by atoms with E-state index in [0.717, 1.165) is 11.3 Å². The van der Waals surface area contributed by atoms with Gasteiger partial charge in [0.05, 0.1) is 18.8 Å². The van der Waals surface area contributed by atoms with Crippen LogP contribution in [0.1, 0.15) is 21.6 Å². The quantitative estimate of drug-likeness (QED) is 0.394. The van der Waals surface area contributed by atoms with Gasteiger partial charge in [0.2, 0.25) is 0 Å². The molecule has 0 saturated carbocycles. The van der Waals surface area contributed by atoms with E-state index in [1.807, 2.05) is 0 Å². The van der Waals surface area contributed by atoms with Gasteiger partial charge >= 0.3 is 0 Å². The van der Waals surface area contributed by atoms with Crippen LogP contribution in [0.4, 0.5) is 0 Å². The molecule has 2 rings (SSSR count). The normalized spacial score (nSPS) is 30.0. The zero-order valence-electron chi connectivity index (χ0n) is 9.58. The highest BCUT2D eigenvalue weighted by Gasteiger charge is 2.45. The van der Waals surface area contributed by atoms with Gasteiger partial charge in [-0.25, -0.2) is 4.98 Å². The van der Waals surface area contributed by atoms with E-state index < -0.39 is 36.9 Å². The number of rotatable bonds is 4. The molecule has 1 saturated heterocycles. The summed E-state index contributed by atoms with van der Waals surface area (Å²) in [6.07, 6.45) is -2.80. The summed E-state index contributed by atoms with van der Waals surface area (Å²) in [6, 6.07) is -0.908. The number of thiazole rings is 1. The maximum absolute atomic E-state index is 11.0. The fourth-order valence-corrected chi connectivity index (χ4v) is 2.70. The van der Waals surface area contributed by atoms with Gasteiger partial charge < -0.3 is 20.7 Å². The number of carbonyl (C=O) groups is 1. The summed E-state index contributed by atoms with van der Waals surface area (Å²) in [5, 5.41) is 24.2. The molecule has 1 aliphatic rings. The van der Waals surface area contributed by atoms with E-state index in [4.69, 9.17) is 21.1 Å². The molecule has 4 atom stereocenters. The van der Waals surface area contributed by atoms with E-state index in [9.17, 15) is 9.90 Å². The van der Waals surface area contributed by atoms with Crippen molar-refractivity contribution in [1.82, 2.24) is 4.98 Å². The van der Waals surface area contributed by atoms with Gasteiger partial charge in [0.1, 0.15) is 22.9 Å². The monoisotopic (exact) mass is 285 g/mol. The van der Waals surface area contributed by atoms with Crippen LogP contribution in [0.15, 0.2) is 10.5 Å². The lowest BCUT2D eigenvalue weighted by Gasteiger charge is -2.12. The molecule has 4 N–H and O–H groups in total. The van der Waals surface area contributed by atoms with Gasteiger partial charge in [0, 0.05) is 10.3 Å². The van der Waals surface area contributed by atoms with Crippen LogP contribution >= 0.6 is 11.3 Å². The Labute approximate surface area is 111 Å². The molecule has 10 heteroatoms. The Morgan fingerprint density at radius 1 is 1.74 bits per heavy atom. The minimum atomic E-state index is -1.13. The van der Waals surface area contributed by atoms with Crippen LogP contribution in [0.2, 0.25) is 0 Å². The third-order valence-corrected chi connectivity index (χ3v) is 3.65. The average molecular weight is 285 g/mol. The van der Waals surface area contributed by atoms with E-state index in [1.54, 1.807) is 0 Å². The lowest BCUT2D eigenvalue weighted by molar-refractivity contribution is -0.0226. The van der Waals surface area contributed by atoms with Crippen molar-refractivity contribution in [1.29, 1.82) is 0 Å². The van der Waals surface area contributed by atoms with E-state index in [0.29, 0.717) is 5.01 Å².